The highest BCUT2D eigenvalue weighted by Gasteiger charge is 2.14. The largest absolute Gasteiger partial charge is 0.435 e. The Balaban J connectivity index is 1.63. The van der Waals surface area contributed by atoms with Gasteiger partial charge in [-0.05, 0) is 55.3 Å². The lowest BCUT2D eigenvalue weighted by Gasteiger charge is -2.10. The first-order valence-corrected chi connectivity index (χ1v) is 9.77. The van der Waals surface area contributed by atoms with Gasteiger partial charge in [-0.3, -0.25) is 4.79 Å². The van der Waals surface area contributed by atoms with Gasteiger partial charge < -0.3 is 14.6 Å². The summed E-state index contributed by atoms with van der Waals surface area (Å²) in [6.07, 6.45) is 0. The molecule has 0 radical (unpaired) electrons. The summed E-state index contributed by atoms with van der Waals surface area (Å²) in [6, 6.07) is 11.9. The second-order valence-corrected chi connectivity index (χ2v) is 7.29. The number of anilines is 1. The predicted octanol–water partition coefficient (Wildman–Crippen LogP) is 4.43. The lowest BCUT2D eigenvalue weighted by molar-refractivity contribution is -0.113. The third-order valence-electron chi connectivity index (χ3n) is 4.38. The Bertz CT molecular complexity index is 1010. The van der Waals surface area contributed by atoms with Gasteiger partial charge in [0.25, 0.3) is 0 Å². The molecule has 0 aliphatic carbocycles. The van der Waals surface area contributed by atoms with Gasteiger partial charge in [-0.2, -0.15) is 8.78 Å². The van der Waals surface area contributed by atoms with Crippen molar-refractivity contribution in [3.63, 3.8) is 0 Å². The molecular formula is C20H20F2N4O2S. The van der Waals surface area contributed by atoms with Crippen molar-refractivity contribution in [3.8, 4) is 17.1 Å². The number of amides is 1. The Hall–Kier alpha value is -2.94. The number of halogens is 2. The van der Waals surface area contributed by atoms with E-state index in [0.717, 1.165) is 16.8 Å². The number of nitrogens with one attached hydrogen (secondary N) is 1. The number of benzene rings is 2. The summed E-state index contributed by atoms with van der Waals surface area (Å²) in [6.45, 7) is 1.09. The van der Waals surface area contributed by atoms with Crippen molar-refractivity contribution in [1.82, 2.24) is 14.8 Å². The highest BCUT2D eigenvalue weighted by Crippen LogP contribution is 2.25. The number of aromatic nitrogens is 3. The van der Waals surface area contributed by atoms with Gasteiger partial charge in [0.2, 0.25) is 5.91 Å². The average molecular weight is 418 g/mol. The molecule has 0 aliphatic heterocycles. The van der Waals surface area contributed by atoms with Gasteiger partial charge in [-0.25, -0.2) is 0 Å². The number of carbonyl (C=O) groups excluding carboxylic acids is 1. The number of aryl methyl sites for hydroxylation is 1. The summed E-state index contributed by atoms with van der Waals surface area (Å²) in [4.78, 5) is 12.3. The van der Waals surface area contributed by atoms with Gasteiger partial charge >= 0.3 is 6.61 Å². The molecule has 1 N–H and O–H groups in total. The Labute approximate surface area is 171 Å². The van der Waals surface area contributed by atoms with E-state index < -0.39 is 6.61 Å². The molecule has 29 heavy (non-hydrogen) atoms. The Morgan fingerprint density at radius 2 is 1.90 bits per heavy atom. The van der Waals surface area contributed by atoms with E-state index in [4.69, 9.17) is 0 Å². The zero-order chi connectivity index (χ0) is 21.0. The molecule has 0 spiro atoms. The van der Waals surface area contributed by atoms with Gasteiger partial charge in [-0.1, -0.05) is 23.9 Å². The maximum absolute atomic E-state index is 12.3. The zero-order valence-electron chi connectivity index (χ0n) is 16.1. The number of hydrogen-bond donors (Lipinski definition) is 1. The molecule has 0 saturated carbocycles. The van der Waals surface area contributed by atoms with Crippen molar-refractivity contribution in [2.24, 2.45) is 7.05 Å². The lowest BCUT2D eigenvalue weighted by atomic mass is 10.1. The van der Waals surface area contributed by atoms with Crippen LogP contribution in [0.2, 0.25) is 0 Å². The van der Waals surface area contributed by atoms with Crippen LogP contribution >= 0.6 is 11.8 Å². The van der Waals surface area contributed by atoms with E-state index in [0.29, 0.717) is 16.5 Å². The van der Waals surface area contributed by atoms with Gasteiger partial charge in [0.05, 0.1) is 5.75 Å². The van der Waals surface area contributed by atoms with Crippen molar-refractivity contribution >= 4 is 23.4 Å². The molecule has 0 atom stereocenters. The zero-order valence-corrected chi connectivity index (χ0v) is 17.0. The number of rotatable bonds is 7. The van der Waals surface area contributed by atoms with E-state index in [1.165, 1.54) is 23.9 Å². The molecule has 3 aromatic rings. The molecule has 3 rings (SSSR count). The van der Waals surface area contributed by atoms with Gasteiger partial charge in [-0.15, -0.1) is 10.2 Å². The summed E-state index contributed by atoms with van der Waals surface area (Å²) in [7, 11) is 1.78. The highest BCUT2D eigenvalue weighted by atomic mass is 32.2. The minimum Gasteiger partial charge on any atom is -0.435 e. The number of nitrogens with zero attached hydrogens (tertiary/aromatic N) is 3. The first-order chi connectivity index (χ1) is 13.8. The SMILES string of the molecule is Cc1cccc(NC(=O)CSc2nnc(-c3ccc(OC(F)F)cc3)n2C)c1C. The van der Waals surface area contributed by atoms with Gasteiger partial charge in [0, 0.05) is 18.3 Å². The van der Waals surface area contributed by atoms with Crippen molar-refractivity contribution < 1.29 is 18.3 Å². The summed E-state index contributed by atoms with van der Waals surface area (Å²) in [5.41, 5.74) is 3.64. The van der Waals surface area contributed by atoms with Crippen LogP contribution in [0.1, 0.15) is 11.1 Å². The van der Waals surface area contributed by atoms with Crippen LogP contribution in [-0.2, 0) is 11.8 Å². The van der Waals surface area contributed by atoms with Crippen molar-refractivity contribution in [3.05, 3.63) is 53.6 Å². The summed E-state index contributed by atoms with van der Waals surface area (Å²) in [5, 5.41) is 11.7. The van der Waals surface area contributed by atoms with Crippen LogP contribution in [0, 0.1) is 13.8 Å². The van der Waals surface area contributed by atoms with Crippen LogP contribution in [0.3, 0.4) is 0 Å². The minimum absolute atomic E-state index is 0.0728. The standard InChI is InChI=1S/C20H20F2N4O2S/c1-12-5-4-6-16(13(12)2)23-17(27)11-29-20-25-24-18(26(20)3)14-7-9-15(10-8-14)28-19(21)22/h4-10,19H,11H2,1-3H3,(H,23,27). The predicted molar refractivity (Wildman–Crippen MR) is 108 cm³/mol. The van der Waals surface area contributed by atoms with E-state index in [2.05, 4.69) is 20.3 Å². The molecule has 0 bridgehead atoms. The van der Waals surface area contributed by atoms with Crippen LogP contribution in [0.5, 0.6) is 5.75 Å². The maximum atomic E-state index is 12.3. The Morgan fingerprint density at radius 3 is 2.59 bits per heavy atom. The molecule has 1 heterocycles. The fourth-order valence-electron chi connectivity index (χ4n) is 2.68. The third kappa shape index (κ3) is 5.11. The molecule has 2 aromatic carbocycles. The highest BCUT2D eigenvalue weighted by molar-refractivity contribution is 7.99. The van der Waals surface area contributed by atoms with E-state index in [-0.39, 0.29) is 17.4 Å². The molecule has 0 saturated heterocycles. The monoisotopic (exact) mass is 418 g/mol. The summed E-state index contributed by atoms with van der Waals surface area (Å²) < 4.78 is 30.6. The van der Waals surface area contributed by atoms with Crippen LogP contribution in [-0.4, -0.2) is 33.0 Å². The minimum atomic E-state index is -2.87. The number of hydrogen-bond acceptors (Lipinski definition) is 5. The maximum Gasteiger partial charge on any atom is 0.387 e. The lowest BCUT2D eigenvalue weighted by Crippen LogP contribution is -2.15. The van der Waals surface area contributed by atoms with Gasteiger partial charge in [0.15, 0.2) is 11.0 Å². The van der Waals surface area contributed by atoms with Crippen molar-refractivity contribution in [1.29, 1.82) is 0 Å². The molecule has 1 amide bonds. The fraction of sp³-hybridized carbons (Fsp3) is 0.250. The Morgan fingerprint density at radius 1 is 1.17 bits per heavy atom. The second kappa shape index (κ2) is 9.04. The molecular weight excluding hydrogens is 398 g/mol. The number of carbonyl (C=O) groups is 1. The smallest absolute Gasteiger partial charge is 0.387 e. The van der Waals surface area contributed by atoms with Crippen LogP contribution in [0.25, 0.3) is 11.4 Å². The molecule has 0 unspecified atom stereocenters. The van der Waals surface area contributed by atoms with Crippen LogP contribution in [0.4, 0.5) is 14.5 Å². The van der Waals surface area contributed by atoms with E-state index in [1.807, 2.05) is 32.0 Å². The van der Waals surface area contributed by atoms with E-state index in [1.54, 1.807) is 23.7 Å². The molecule has 0 aliphatic rings. The number of alkyl halides is 2. The van der Waals surface area contributed by atoms with Gasteiger partial charge in [0.1, 0.15) is 5.75 Å². The van der Waals surface area contributed by atoms with E-state index in [9.17, 15) is 13.6 Å². The molecule has 0 fully saturated rings. The molecule has 9 heteroatoms. The topological polar surface area (TPSA) is 69.0 Å². The van der Waals surface area contributed by atoms with E-state index >= 15 is 0 Å². The molecule has 1 aromatic heterocycles. The first-order valence-electron chi connectivity index (χ1n) is 8.78. The van der Waals surface area contributed by atoms with Crippen molar-refractivity contribution in [2.75, 3.05) is 11.1 Å². The normalized spacial score (nSPS) is 11.0. The third-order valence-corrected chi connectivity index (χ3v) is 5.40. The van der Waals surface area contributed by atoms with Crippen molar-refractivity contribution in [2.45, 2.75) is 25.6 Å². The first kappa shape index (κ1) is 20.8. The number of ether oxygens (including phenoxy) is 1. The molecule has 152 valence electrons. The summed E-state index contributed by atoms with van der Waals surface area (Å²) >= 11 is 1.26. The van der Waals surface area contributed by atoms with Crippen LogP contribution < -0.4 is 10.1 Å². The fourth-order valence-corrected chi connectivity index (χ4v) is 3.39. The average Bonchev–Trinajstić information content (AvgIpc) is 3.04. The number of thioether (sulfide) groups is 1. The quantitative estimate of drug-likeness (QED) is 0.575. The Kier molecular flexibility index (Phi) is 6.48. The van der Waals surface area contributed by atoms with Crippen LogP contribution in [0.15, 0.2) is 47.6 Å². The second-order valence-electron chi connectivity index (χ2n) is 6.35. The summed E-state index contributed by atoms with van der Waals surface area (Å²) in [5.74, 6) is 0.678. The molecule has 6 nitrogen and oxygen atoms in total.